The number of nitrogens with one attached hydrogen (secondary N) is 1. The lowest BCUT2D eigenvalue weighted by molar-refractivity contribution is -0.142. The SMILES string of the molecule is CN(C)CC(C)(C)CNc1nc(C(C)(C)C(=O)O)cs1. The molecular weight excluding hydrogens is 274 g/mol. The van der Waals surface area contributed by atoms with Crippen molar-refractivity contribution in [2.75, 3.05) is 32.5 Å². The molecule has 1 aromatic rings. The highest BCUT2D eigenvalue weighted by Gasteiger charge is 2.32. The van der Waals surface area contributed by atoms with Gasteiger partial charge in [-0.15, -0.1) is 11.3 Å². The largest absolute Gasteiger partial charge is 0.481 e. The van der Waals surface area contributed by atoms with Crippen molar-refractivity contribution in [3.63, 3.8) is 0 Å². The van der Waals surface area contributed by atoms with Crippen LogP contribution in [0, 0.1) is 5.41 Å². The second-order valence-corrected chi connectivity index (χ2v) is 7.58. The monoisotopic (exact) mass is 299 g/mol. The van der Waals surface area contributed by atoms with Gasteiger partial charge in [0.05, 0.1) is 5.69 Å². The molecule has 1 rings (SSSR count). The zero-order chi connectivity index (χ0) is 15.6. The molecule has 0 spiro atoms. The average molecular weight is 299 g/mol. The molecule has 0 unspecified atom stereocenters. The van der Waals surface area contributed by atoms with Crippen molar-refractivity contribution >= 4 is 22.4 Å². The smallest absolute Gasteiger partial charge is 0.315 e. The van der Waals surface area contributed by atoms with Gasteiger partial charge < -0.3 is 15.3 Å². The van der Waals surface area contributed by atoms with Gasteiger partial charge in [0.2, 0.25) is 0 Å². The Kier molecular flexibility index (Phi) is 5.15. The van der Waals surface area contributed by atoms with Crippen LogP contribution in [0.1, 0.15) is 33.4 Å². The maximum atomic E-state index is 11.2. The lowest BCUT2D eigenvalue weighted by Gasteiger charge is -2.28. The van der Waals surface area contributed by atoms with Crippen LogP contribution >= 0.6 is 11.3 Å². The number of carboxylic acids is 1. The van der Waals surface area contributed by atoms with Gasteiger partial charge in [0.1, 0.15) is 5.41 Å². The third-order valence-electron chi connectivity index (χ3n) is 3.14. The van der Waals surface area contributed by atoms with Gasteiger partial charge in [0.25, 0.3) is 0 Å². The van der Waals surface area contributed by atoms with Crippen LogP contribution in [-0.2, 0) is 10.2 Å². The van der Waals surface area contributed by atoms with E-state index in [2.05, 4.69) is 43.1 Å². The van der Waals surface area contributed by atoms with E-state index in [0.717, 1.165) is 18.2 Å². The average Bonchev–Trinajstić information content (AvgIpc) is 2.73. The van der Waals surface area contributed by atoms with Gasteiger partial charge in [-0.05, 0) is 33.4 Å². The number of carbonyl (C=O) groups is 1. The minimum absolute atomic E-state index is 0.123. The van der Waals surface area contributed by atoms with Gasteiger partial charge in [0.15, 0.2) is 5.13 Å². The molecule has 0 atom stereocenters. The minimum Gasteiger partial charge on any atom is -0.481 e. The van der Waals surface area contributed by atoms with Crippen molar-refractivity contribution in [2.45, 2.75) is 33.1 Å². The molecule has 0 radical (unpaired) electrons. The second kappa shape index (κ2) is 6.10. The van der Waals surface area contributed by atoms with Crippen LogP contribution in [0.25, 0.3) is 0 Å². The molecule has 1 heterocycles. The van der Waals surface area contributed by atoms with E-state index in [0.29, 0.717) is 5.69 Å². The third kappa shape index (κ3) is 4.45. The molecule has 5 nitrogen and oxygen atoms in total. The molecule has 0 aliphatic carbocycles. The zero-order valence-corrected chi connectivity index (χ0v) is 14.0. The molecule has 20 heavy (non-hydrogen) atoms. The van der Waals surface area contributed by atoms with Crippen molar-refractivity contribution in [3.8, 4) is 0 Å². The summed E-state index contributed by atoms with van der Waals surface area (Å²) >= 11 is 1.45. The minimum atomic E-state index is -0.949. The van der Waals surface area contributed by atoms with Gasteiger partial charge in [-0.2, -0.15) is 0 Å². The normalized spacial score (nSPS) is 12.8. The predicted molar refractivity (Wildman–Crippen MR) is 83.6 cm³/mol. The molecule has 0 aliphatic heterocycles. The van der Waals surface area contributed by atoms with Gasteiger partial charge >= 0.3 is 5.97 Å². The lowest BCUT2D eigenvalue weighted by atomic mass is 9.90. The highest BCUT2D eigenvalue weighted by Crippen LogP contribution is 2.28. The van der Waals surface area contributed by atoms with Crippen molar-refractivity contribution in [3.05, 3.63) is 11.1 Å². The molecule has 2 N–H and O–H groups in total. The van der Waals surface area contributed by atoms with Crippen LogP contribution in [0.4, 0.5) is 5.13 Å². The number of nitrogens with zero attached hydrogens (tertiary/aromatic N) is 2. The van der Waals surface area contributed by atoms with Gasteiger partial charge in [-0.25, -0.2) is 4.98 Å². The Morgan fingerprint density at radius 1 is 1.40 bits per heavy atom. The Morgan fingerprint density at radius 2 is 2.00 bits per heavy atom. The Bertz CT molecular complexity index is 467. The van der Waals surface area contributed by atoms with E-state index in [1.54, 1.807) is 13.8 Å². The fourth-order valence-corrected chi connectivity index (χ4v) is 2.86. The Labute approximate surface area is 125 Å². The summed E-state index contributed by atoms with van der Waals surface area (Å²) in [5.74, 6) is -0.859. The third-order valence-corrected chi connectivity index (χ3v) is 3.94. The maximum Gasteiger partial charge on any atom is 0.315 e. The number of thiazole rings is 1. The van der Waals surface area contributed by atoms with Crippen LogP contribution < -0.4 is 5.32 Å². The standard InChI is InChI=1S/C14H25N3O2S/c1-13(2,9-17(5)6)8-15-12-16-10(7-20-12)14(3,4)11(18)19/h7H,8-9H2,1-6H3,(H,15,16)(H,18,19). The van der Waals surface area contributed by atoms with Crippen molar-refractivity contribution in [1.82, 2.24) is 9.88 Å². The van der Waals surface area contributed by atoms with Gasteiger partial charge in [-0.3, -0.25) is 4.79 Å². The Morgan fingerprint density at radius 3 is 2.50 bits per heavy atom. The number of anilines is 1. The van der Waals surface area contributed by atoms with Gasteiger partial charge in [0, 0.05) is 18.5 Å². The molecule has 114 valence electrons. The number of hydrogen-bond acceptors (Lipinski definition) is 5. The molecule has 0 saturated carbocycles. The van der Waals surface area contributed by atoms with E-state index in [1.807, 2.05) is 5.38 Å². The van der Waals surface area contributed by atoms with Crippen LogP contribution in [-0.4, -0.2) is 48.1 Å². The summed E-state index contributed by atoms with van der Waals surface area (Å²) < 4.78 is 0. The van der Waals surface area contributed by atoms with Crippen LogP contribution in [0.5, 0.6) is 0 Å². The van der Waals surface area contributed by atoms with E-state index in [-0.39, 0.29) is 5.41 Å². The summed E-state index contributed by atoms with van der Waals surface area (Å²) in [6.07, 6.45) is 0. The summed E-state index contributed by atoms with van der Waals surface area (Å²) in [5, 5.41) is 15.1. The number of aromatic nitrogens is 1. The molecule has 0 amide bonds. The summed E-state index contributed by atoms with van der Waals surface area (Å²) in [6.45, 7) is 9.49. The summed E-state index contributed by atoms with van der Waals surface area (Å²) in [7, 11) is 4.11. The first kappa shape index (κ1) is 16.9. The van der Waals surface area contributed by atoms with E-state index < -0.39 is 11.4 Å². The van der Waals surface area contributed by atoms with E-state index in [9.17, 15) is 9.90 Å². The van der Waals surface area contributed by atoms with Gasteiger partial charge in [-0.1, -0.05) is 13.8 Å². The van der Waals surface area contributed by atoms with E-state index in [1.165, 1.54) is 11.3 Å². The predicted octanol–water partition coefficient (Wildman–Crippen LogP) is 2.50. The molecule has 0 aromatic carbocycles. The first-order valence-electron chi connectivity index (χ1n) is 6.62. The molecule has 0 fully saturated rings. The lowest BCUT2D eigenvalue weighted by Crippen LogP contribution is -2.34. The fourth-order valence-electron chi connectivity index (χ4n) is 1.98. The fraction of sp³-hybridized carbons (Fsp3) is 0.714. The van der Waals surface area contributed by atoms with Crippen LogP contribution in [0.2, 0.25) is 0 Å². The molecule has 0 saturated heterocycles. The molecule has 0 aliphatic rings. The first-order valence-corrected chi connectivity index (χ1v) is 7.50. The number of rotatable bonds is 7. The first-order chi connectivity index (χ1) is 9.04. The van der Waals surface area contributed by atoms with Crippen molar-refractivity contribution in [2.24, 2.45) is 5.41 Å². The highest BCUT2D eigenvalue weighted by molar-refractivity contribution is 7.13. The van der Waals surface area contributed by atoms with Crippen molar-refractivity contribution in [1.29, 1.82) is 0 Å². The number of carboxylic acid groups (broad SMARTS) is 1. The van der Waals surface area contributed by atoms with E-state index >= 15 is 0 Å². The van der Waals surface area contributed by atoms with Crippen LogP contribution in [0.15, 0.2) is 5.38 Å². The van der Waals surface area contributed by atoms with Crippen molar-refractivity contribution < 1.29 is 9.90 Å². The molecule has 1 aromatic heterocycles. The summed E-state index contributed by atoms with van der Waals surface area (Å²) in [5.41, 5.74) is -0.226. The topological polar surface area (TPSA) is 65.5 Å². The van der Waals surface area contributed by atoms with E-state index in [4.69, 9.17) is 0 Å². The molecule has 0 bridgehead atoms. The number of hydrogen-bond donors (Lipinski definition) is 2. The van der Waals surface area contributed by atoms with Crippen LogP contribution in [0.3, 0.4) is 0 Å². The molecule has 6 heteroatoms. The Balaban J connectivity index is 2.68. The number of aliphatic carboxylic acids is 1. The Hall–Kier alpha value is -1.14. The summed E-state index contributed by atoms with van der Waals surface area (Å²) in [4.78, 5) is 17.8. The summed E-state index contributed by atoms with van der Waals surface area (Å²) in [6, 6.07) is 0. The quantitative estimate of drug-likeness (QED) is 0.810. The maximum absolute atomic E-state index is 11.2. The second-order valence-electron chi connectivity index (χ2n) is 6.72. The molecular formula is C14H25N3O2S. The zero-order valence-electron chi connectivity index (χ0n) is 13.1. The highest BCUT2D eigenvalue weighted by atomic mass is 32.1.